The summed E-state index contributed by atoms with van der Waals surface area (Å²) in [7, 11) is 0. The second-order valence-electron chi connectivity index (χ2n) is 5.05. The molecule has 1 aliphatic rings. The molecule has 94 valence electrons. The van der Waals surface area contributed by atoms with Gasteiger partial charge in [0.1, 0.15) is 0 Å². The number of nitrogens with zero attached hydrogens (tertiary/aromatic N) is 1. The van der Waals surface area contributed by atoms with E-state index in [1.165, 1.54) is 0 Å². The maximum atomic E-state index is 12.0. The Kier molecular flexibility index (Phi) is 3.47. The zero-order valence-electron chi connectivity index (χ0n) is 10.6. The summed E-state index contributed by atoms with van der Waals surface area (Å²) in [5.41, 5.74) is 1.03. The molecule has 1 saturated heterocycles. The molecule has 5 heteroatoms. The van der Waals surface area contributed by atoms with Crippen LogP contribution in [-0.4, -0.2) is 28.7 Å². The average molecular weight is 236 g/mol. The Morgan fingerprint density at radius 1 is 1.59 bits per heavy atom. The molecule has 17 heavy (non-hydrogen) atoms. The lowest BCUT2D eigenvalue weighted by atomic mass is 10.0. The molecule has 1 aliphatic heterocycles. The third-order valence-corrected chi connectivity index (χ3v) is 3.29. The van der Waals surface area contributed by atoms with Crippen molar-refractivity contribution < 1.29 is 4.79 Å². The van der Waals surface area contributed by atoms with Gasteiger partial charge in [0.15, 0.2) is 5.82 Å². The molecule has 0 saturated carbocycles. The predicted molar refractivity (Wildman–Crippen MR) is 66.9 cm³/mol. The molecule has 0 spiro atoms. The molecular formula is C12H20N4O. The number of aromatic nitrogens is 2. The van der Waals surface area contributed by atoms with Crippen molar-refractivity contribution in [3.8, 4) is 0 Å². The van der Waals surface area contributed by atoms with Crippen molar-refractivity contribution in [2.75, 3.05) is 11.9 Å². The summed E-state index contributed by atoms with van der Waals surface area (Å²) in [5.74, 6) is 1.39. The lowest BCUT2D eigenvalue weighted by molar-refractivity contribution is -0.118. The van der Waals surface area contributed by atoms with E-state index in [9.17, 15) is 4.79 Å². The number of rotatable bonds is 3. The maximum absolute atomic E-state index is 12.0. The minimum atomic E-state index is -0.0887. The number of amides is 1. The lowest BCUT2D eigenvalue weighted by Gasteiger charge is -2.13. The summed E-state index contributed by atoms with van der Waals surface area (Å²) < 4.78 is 0. The minimum absolute atomic E-state index is 0.0109. The fraction of sp³-hybridized carbons (Fsp3) is 0.667. The second-order valence-corrected chi connectivity index (χ2v) is 5.05. The number of hydrogen-bond donors (Lipinski definition) is 3. The first-order valence-electron chi connectivity index (χ1n) is 6.17. The molecule has 1 aromatic rings. The van der Waals surface area contributed by atoms with Gasteiger partial charge in [0.25, 0.3) is 0 Å². The van der Waals surface area contributed by atoms with Crippen molar-refractivity contribution in [2.45, 2.75) is 39.2 Å². The van der Waals surface area contributed by atoms with Gasteiger partial charge < -0.3 is 10.6 Å². The quantitative estimate of drug-likeness (QED) is 0.744. The van der Waals surface area contributed by atoms with E-state index >= 15 is 0 Å². The van der Waals surface area contributed by atoms with Gasteiger partial charge in [0, 0.05) is 11.8 Å². The third-order valence-electron chi connectivity index (χ3n) is 3.29. The van der Waals surface area contributed by atoms with E-state index in [2.05, 4.69) is 41.6 Å². The topological polar surface area (TPSA) is 69.8 Å². The van der Waals surface area contributed by atoms with Crippen LogP contribution in [0.15, 0.2) is 6.07 Å². The highest BCUT2D eigenvalue weighted by molar-refractivity contribution is 5.94. The van der Waals surface area contributed by atoms with Gasteiger partial charge in [-0.2, -0.15) is 5.10 Å². The van der Waals surface area contributed by atoms with Crippen LogP contribution in [0.25, 0.3) is 0 Å². The number of carbonyl (C=O) groups is 1. The Labute approximate surface area is 101 Å². The van der Waals surface area contributed by atoms with E-state index in [1.807, 2.05) is 6.07 Å². The van der Waals surface area contributed by atoms with Crippen LogP contribution in [0.1, 0.15) is 38.8 Å². The summed E-state index contributed by atoms with van der Waals surface area (Å²) in [4.78, 5) is 12.0. The van der Waals surface area contributed by atoms with Gasteiger partial charge in [-0.3, -0.25) is 9.89 Å². The van der Waals surface area contributed by atoms with Crippen molar-refractivity contribution >= 4 is 11.7 Å². The number of hydrogen-bond acceptors (Lipinski definition) is 3. The van der Waals surface area contributed by atoms with Crippen molar-refractivity contribution in [1.29, 1.82) is 0 Å². The van der Waals surface area contributed by atoms with Crippen LogP contribution in [0.4, 0.5) is 5.82 Å². The molecule has 2 heterocycles. The number of anilines is 1. The zero-order chi connectivity index (χ0) is 12.4. The summed E-state index contributed by atoms with van der Waals surface area (Å²) >= 11 is 0. The normalized spacial score (nSPS) is 24.2. The first kappa shape index (κ1) is 12.1. The van der Waals surface area contributed by atoms with Crippen LogP contribution in [0, 0.1) is 5.92 Å². The summed E-state index contributed by atoms with van der Waals surface area (Å²) in [6, 6.07) is 1.80. The van der Waals surface area contributed by atoms with Gasteiger partial charge in [0.2, 0.25) is 5.91 Å². The zero-order valence-corrected chi connectivity index (χ0v) is 10.6. The Balaban J connectivity index is 1.97. The monoisotopic (exact) mass is 236 g/mol. The summed E-state index contributed by atoms with van der Waals surface area (Å²) in [6.45, 7) is 7.17. The van der Waals surface area contributed by atoms with Gasteiger partial charge >= 0.3 is 0 Å². The van der Waals surface area contributed by atoms with E-state index in [1.54, 1.807) is 0 Å². The predicted octanol–water partition coefficient (Wildman–Crippen LogP) is 1.47. The molecular weight excluding hydrogens is 216 g/mol. The lowest BCUT2D eigenvalue weighted by Crippen LogP contribution is -2.39. The molecule has 2 unspecified atom stereocenters. The highest BCUT2D eigenvalue weighted by Crippen LogP contribution is 2.18. The molecule has 2 atom stereocenters. The summed E-state index contributed by atoms with van der Waals surface area (Å²) in [6.07, 6.45) is 1.05. The fourth-order valence-electron chi connectivity index (χ4n) is 2.09. The second kappa shape index (κ2) is 4.87. The molecule has 0 bridgehead atoms. The third kappa shape index (κ3) is 2.66. The van der Waals surface area contributed by atoms with Crippen molar-refractivity contribution in [2.24, 2.45) is 5.92 Å². The molecule has 1 amide bonds. The number of carbonyl (C=O) groups excluding carboxylic acids is 1. The maximum Gasteiger partial charge on any atom is 0.242 e. The van der Waals surface area contributed by atoms with E-state index in [0.29, 0.717) is 17.7 Å². The Morgan fingerprint density at radius 2 is 2.35 bits per heavy atom. The Morgan fingerprint density at radius 3 is 2.88 bits per heavy atom. The van der Waals surface area contributed by atoms with E-state index < -0.39 is 0 Å². The molecule has 1 fully saturated rings. The smallest absolute Gasteiger partial charge is 0.242 e. The van der Waals surface area contributed by atoms with Crippen LogP contribution < -0.4 is 10.6 Å². The number of nitrogens with one attached hydrogen (secondary N) is 3. The van der Waals surface area contributed by atoms with Gasteiger partial charge in [-0.05, 0) is 24.8 Å². The number of aromatic amines is 1. The standard InChI is InChI=1S/C12H20N4O/c1-7(2)9-6-10(16-15-9)14-12(17)11-8(3)4-5-13-11/h6-8,11,13H,4-5H2,1-3H3,(H2,14,15,16,17). The van der Waals surface area contributed by atoms with Crippen LogP contribution in [0.5, 0.6) is 0 Å². The summed E-state index contributed by atoms with van der Waals surface area (Å²) in [5, 5.41) is 13.1. The van der Waals surface area contributed by atoms with Crippen molar-refractivity contribution in [1.82, 2.24) is 15.5 Å². The molecule has 0 radical (unpaired) electrons. The average Bonchev–Trinajstić information content (AvgIpc) is 2.86. The van der Waals surface area contributed by atoms with E-state index in [4.69, 9.17) is 0 Å². The largest absolute Gasteiger partial charge is 0.308 e. The SMILES string of the molecule is CC(C)c1cc(NC(=O)C2NCCC2C)n[nH]1. The Bertz CT molecular complexity index is 399. The minimum Gasteiger partial charge on any atom is -0.308 e. The molecule has 2 rings (SSSR count). The molecule has 1 aromatic heterocycles. The van der Waals surface area contributed by atoms with Gasteiger partial charge in [0.05, 0.1) is 6.04 Å². The Hall–Kier alpha value is -1.36. The van der Waals surface area contributed by atoms with Crippen LogP contribution in [-0.2, 0) is 4.79 Å². The van der Waals surface area contributed by atoms with E-state index in [0.717, 1.165) is 18.7 Å². The molecule has 5 nitrogen and oxygen atoms in total. The van der Waals surface area contributed by atoms with Gasteiger partial charge in [-0.15, -0.1) is 0 Å². The van der Waals surface area contributed by atoms with Crippen LogP contribution in [0.3, 0.4) is 0 Å². The van der Waals surface area contributed by atoms with Crippen LogP contribution >= 0.6 is 0 Å². The van der Waals surface area contributed by atoms with E-state index in [-0.39, 0.29) is 11.9 Å². The van der Waals surface area contributed by atoms with Gasteiger partial charge in [-0.1, -0.05) is 20.8 Å². The first-order valence-corrected chi connectivity index (χ1v) is 6.17. The van der Waals surface area contributed by atoms with Gasteiger partial charge in [-0.25, -0.2) is 0 Å². The molecule has 0 aliphatic carbocycles. The van der Waals surface area contributed by atoms with Crippen molar-refractivity contribution in [3.63, 3.8) is 0 Å². The number of H-pyrrole nitrogens is 1. The van der Waals surface area contributed by atoms with Crippen molar-refractivity contribution in [3.05, 3.63) is 11.8 Å². The highest BCUT2D eigenvalue weighted by atomic mass is 16.2. The molecule has 0 aromatic carbocycles. The highest BCUT2D eigenvalue weighted by Gasteiger charge is 2.29. The molecule has 3 N–H and O–H groups in total. The van der Waals surface area contributed by atoms with Crippen LogP contribution in [0.2, 0.25) is 0 Å². The first-order chi connectivity index (χ1) is 8.08. The fourth-order valence-corrected chi connectivity index (χ4v) is 2.09.